The smallest absolute Gasteiger partial charge is 0.348 e. The molecule has 0 fully saturated rings. The minimum Gasteiger partial charge on any atom is -0.485 e. The minimum atomic E-state index is -0.322. The molecule has 0 aliphatic heterocycles. The Labute approximate surface area is 160 Å². The van der Waals surface area contributed by atoms with Gasteiger partial charge in [-0.15, -0.1) is 5.10 Å². The van der Waals surface area contributed by atoms with Gasteiger partial charge in [0.15, 0.2) is 11.5 Å². The summed E-state index contributed by atoms with van der Waals surface area (Å²) < 4.78 is 7.29. The third-order valence-electron chi connectivity index (χ3n) is 4.58. The summed E-state index contributed by atoms with van der Waals surface area (Å²) in [5.41, 5.74) is 3.00. The highest BCUT2D eigenvalue weighted by atomic mass is 16.5. The van der Waals surface area contributed by atoms with Crippen molar-refractivity contribution in [1.82, 2.24) is 19.6 Å². The third-order valence-corrected chi connectivity index (χ3v) is 4.58. The predicted molar refractivity (Wildman–Crippen MR) is 107 cm³/mol. The van der Waals surface area contributed by atoms with Gasteiger partial charge in [0, 0.05) is 10.9 Å². The topological polar surface area (TPSA) is 72.3 Å². The van der Waals surface area contributed by atoms with Crippen LogP contribution in [0.4, 0.5) is 0 Å². The molecule has 28 heavy (non-hydrogen) atoms. The molecular weight excluding hydrogens is 352 g/mol. The minimum absolute atomic E-state index is 0.166. The first-order valence-corrected chi connectivity index (χ1v) is 8.93. The third kappa shape index (κ3) is 2.81. The van der Waals surface area contributed by atoms with Gasteiger partial charge in [-0.05, 0) is 23.8 Å². The van der Waals surface area contributed by atoms with Crippen molar-refractivity contribution in [1.29, 1.82) is 0 Å². The molecule has 2 heterocycles. The van der Waals surface area contributed by atoms with Crippen LogP contribution in [0.25, 0.3) is 27.7 Å². The fourth-order valence-corrected chi connectivity index (χ4v) is 3.28. The van der Waals surface area contributed by atoms with Crippen molar-refractivity contribution in [3.8, 4) is 16.9 Å². The first-order chi connectivity index (χ1) is 13.8. The lowest BCUT2D eigenvalue weighted by Crippen LogP contribution is -2.17. The molecule has 0 saturated heterocycles. The molecule has 0 atom stereocenters. The molecule has 1 N–H and O–H groups in total. The van der Waals surface area contributed by atoms with Gasteiger partial charge in [0.2, 0.25) is 0 Å². The molecule has 0 amide bonds. The molecule has 0 aliphatic rings. The van der Waals surface area contributed by atoms with E-state index in [2.05, 4.69) is 15.1 Å². The fraction of sp³-hybridized carbons (Fsp3) is 0.0455. The Hall–Kier alpha value is -3.93. The zero-order valence-corrected chi connectivity index (χ0v) is 14.9. The van der Waals surface area contributed by atoms with Crippen molar-refractivity contribution in [2.24, 2.45) is 0 Å². The Kier molecular flexibility index (Phi) is 3.87. The van der Waals surface area contributed by atoms with E-state index in [1.807, 2.05) is 78.9 Å². The van der Waals surface area contributed by atoms with Crippen molar-refractivity contribution in [2.75, 3.05) is 0 Å². The number of rotatable bonds is 4. The van der Waals surface area contributed by atoms with Crippen LogP contribution >= 0.6 is 0 Å². The van der Waals surface area contributed by atoms with Gasteiger partial charge < -0.3 is 9.72 Å². The SMILES string of the molecule is O=c1[nH]c2ccccc2c2nc(COc3ccccc3-c3ccccc3)nn12. The average molecular weight is 368 g/mol. The van der Waals surface area contributed by atoms with Crippen LogP contribution in [0.3, 0.4) is 0 Å². The van der Waals surface area contributed by atoms with Gasteiger partial charge in [0.1, 0.15) is 12.4 Å². The van der Waals surface area contributed by atoms with E-state index in [0.717, 1.165) is 27.8 Å². The summed E-state index contributed by atoms with van der Waals surface area (Å²) >= 11 is 0. The van der Waals surface area contributed by atoms with E-state index >= 15 is 0 Å². The van der Waals surface area contributed by atoms with Crippen LogP contribution in [0.5, 0.6) is 5.75 Å². The number of benzene rings is 3. The molecule has 5 rings (SSSR count). The Morgan fingerprint density at radius 2 is 1.64 bits per heavy atom. The molecular formula is C22H16N4O2. The van der Waals surface area contributed by atoms with Crippen molar-refractivity contribution in [3.05, 3.63) is 95.2 Å². The standard InChI is InChI=1S/C22H16N4O2/c27-22-23-18-12-6-4-11-17(18)21-24-20(25-26(21)22)14-28-19-13-7-5-10-16(19)15-8-2-1-3-9-15/h1-13H,14H2,(H,23,27). The van der Waals surface area contributed by atoms with Crippen LogP contribution < -0.4 is 10.4 Å². The normalized spacial score (nSPS) is 11.1. The molecule has 6 nitrogen and oxygen atoms in total. The fourth-order valence-electron chi connectivity index (χ4n) is 3.28. The van der Waals surface area contributed by atoms with E-state index in [1.165, 1.54) is 4.52 Å². The Balaban J connectivity index is 1.50. The summed E-state index contributed by atoms with van der Waals surface area (Å²) in [5.74, 6) is 1.19. The quantitative estimate of drug-likeness (QED) is 0.523. The van der Waals surface area contributed by atoms with Crippen LogP contribution in [-0.4, -0.2) is 19.6 Å². The van der Waals surface area contributed by atoms with Gasteiger partial charge in [-0.25, -0.2) is 9.78 Å². The predicted octanol–water partition coefficient (Wildman–Crippen LogP) is 3.82. The van der Waals surface area contributed by atoms with Crippen molar-refractivity contribution in [2.45, 2.75) is 6.61 Å². The van der Waals surface area contributed by atoms with E-state index in [4.69, 9.17) is 4.74 Å². The number of hydrogen-bond donors (Lipinski definition) is 1. The molecule has 0 unspecified atom stereocenters. The van der Waals surface area contributed by atoms with E-state index in [0.29, 0.717) is 11.5 Å². The second-order valence-corrected chi connectivity index (χ2v) is 6.39. The molecule has 0 bridgehead atoms. The van der Waals surface area contributed by atoms with E-state index in [-0.39, 0.29) is 12.3 Å². The summed E-state index contributed by atoms with van der Waals surface area (Å²) in [6, 6.07) is 25.4. The summed E-state index contributed by atoms with van der Waals surface area (Å²) in [5, 5.41) is 5.16. The average Bonchev–Trinajstić information content (AvgIpc) is 3.19. The number of H-pyrrole nitrogens is 1. The van der Waals surface area contributed by atoms with Gasteiger partial charge in [0.05, 0.1) is 5.52 Å². The second kappa shape index (κ2) is 6.66. The monoisotopic (exact) mass is 368 g/mol. The van der Waals surface area contributed by atoms with Crippen LogP contribution in [0.2, 0.25) is 0 Å². The van der Waals surface area contributed by atoms with Crippen LogP contribution in [0.1, 0.15) is 5.82 Å². The Morgan fingerprint density at radius 1 is 0.893 bits per heavy atom. The lowest BCUT2D eigenvalue weighted by molar-refractivity contribution is 0.297. The van der Waals surface area contributed by atoms with Gasteiger partial charge in [-0.1, -0.05) is 60.7 Å². The molecule has 0 aliphatic carbocycles. The Bertz CT molecular complexity index is 1340. The highest BCUT2D eigenvalue weighted by molar-refractivity contribution is 5.90. The number of nitrogens with zero attached hydrogens (tertiary/aromatic N) is 3. The summed E-state index contributed by atoms with van der Waals surface area (Å²) in [4.78, 5) is 19.6. The number of aromatic amines is 1. The van der Waals surface area contributed by atoms with Gasteiger partial charge in [-0.2, -0.15) is 4.52 Å². The number of aromatic nitrogens is 4. The number of para-hydroxylation sites is 2. The van der Waals surface area contributed by atoms with E-state index in [9.17, 15) is 4.79 Å². The first kappa shape index (κ1) is 16.3. The maximum Gasteiger partial charge on any atom is 0.348 e. The van der Waals surface area contributed by atoms with Crippen molar-refractivity contribution >= 4 is 16.6 Å². The second-order valence-electron chi connectivity index (χ2n) is 6.39. The largest absolute Gasteiger partial charge is 0.485 e. The molecule has 6 heteroatoms. The molecule has 3 aromatic carbocycles. The van der Waals surface area contributed by atoms with Gasteiger partial charge >= 0.3 is 5.69 Å². The van der Waals surface area contributed by atoms with Crippen LogP contribution in [0, 0.1) is 0 Å². The van der Waals surface area contributed by atoms with Gasteiger partial charge in [-0.3, -0.25) is 0 Å². The highest BCUT2D eigenvalue weighted by Gasteiger charge is 2.12. The molecule has 136 valence electrons. The Morgan fingerprint density at radius 3 is 2.54 bits per heavy atom. The summed E-state index contributed by atoms with van der Waals surface area (Å²) in [6.07, 6.45) is 0. The van der Waals surface area contributed by atoms with Crippen molar-refractivity contribution in [3.63, 3.8) is 0 Å². The summed E-state index contributed by atoms with van der Waals surface area (Å²) in [7, 11) is 0. The zero-order chi connectivity index (χ0) is 18.9. The number of hydrogen-bond acceptors (Lipinski definition) is 4. The van der Waals surface area contributed by atoms with Crippen LogP contribution in [0.15, 0.2) is 83.7 Å². The number of ether oxygens (including phenoxy) is 1. The number of fused-ring (bicyclic) bond motifs is 3. The molecule has 2 aromatic heterocycles. The molecule has 0 saturated carbocycles. The van der Waals surface area contributed by atoms with E-state index < -0.39 is 0 Å². The van der Waals surface area contributed by atoms with E-state index in [1.54, 1.807) is 0 Å². The first-order valence-electron chi connectivity index (χ1n) is 8.93. The lowest BCUT2D eigenvalue weighted by Gasteiger charge is -2.10. The highest BCUT2D eigenvalue weighted by Crippen LogP contribution is 2.30. The molecule has 0 radical (unpaired) electrons. The summed E-state index contributed by atoms with van der Waals surface area (Å²) in [6.45, 7) is 0.166. The molecule has 0 spiro atoms. The zero-order valence-electron chi connectivity index (χ0n) is 14.9. The lowest BCUT2D eigenvalue weighted by atomic mass is 10.1. The van der Waals surface area contributed by atoms with Gasteiger partial charge in [0.25, 0.3) is 0 Å². The number of nitrogens with one attached hydrogen (secondary N) is 1. The van der Waals surface area contributed by atoms with Crippen LogP contribution in [-0.2, 0) is 6.61 Å². The van der Waals surface area contributed by atoms with Crippen molar-refractivity contribution < 1.29 is 4.74 Å². The molecule has 5 aromatic rings. The maximum absolute atomic E-state index is 12.3. The maximum atomic E-state index is 12.3.